The number of aliphatic hydroxyl groups excluding tert-OH is 1. The number of hydrogen-bond donors (Lipinski definition) is 2. The summed E-state index contributed by atoms with van der Waals surface area (Å²) in [5.41, 5.74) is 5.60. The fourth-order valence-corrected chi connectivity index (χ4v) is 2.26. The van der Waals surface area contributed by atoms with Gasteiger partial charge in [0.25, 0.3) is 0 Å². The van der Waals surface area contributed by atoms with Gasteiger partial charge in [0.15, 0.2) is 0 Å². The van der Waals surface area contributed by atoms with E-state index in [4.69, 9.17) is 15.6 Å². The lowest BCUT2D eigenvalue weighted by atomic mass is 10.1. The van der Waals surface area contributed by atoms with Crippen LogP contribution < -0.4 is 10.6 Å². The number of rotatable bonds is 2. The molecule has 1 aromatic rings. The fraction of sp³-hybridized carbons (Fsp3) is 0.538. The molecule has 2 unspecified atom stereocenters. The molecule has 1 saturated heterocycles. The molecule has 1 heterocycles. The van der Waals surface area contributed by atoms with E-state index in [1.807, 2.05) is 11.8 Å². The molecular formula is C13H17F3N2O2. The van der Waals surface area contributed by atoms with Crippen molar-refractivity contribution in [1.82, 2.24) is 0 Å². The predicted molar refractivity (Wildman–Crippen MR) is 69.5 cm³/mol. The van der Waals surface area contributed by atoms with Crippen LogP contribution in [-0.4, -0.2) is 37.0 Å². The first-order chi connectivity index (χ1) is 9.32. The number of nitrogens with two attached hydrogens (primary N) is 1. The number of hydrogen-bond acceptors (Lipinski definition) is 4. The number of nitrogen functional groups attached to an aromatic ring is 1. The predicted octanol–water partition coefficient (Wildman–Crippen LogP) is 1.87. The van der Waals surface area contributed by atoms with E-state index in [1.165, 1.54) is 6.07 Å². The Labute approximate surface area is 114 Å². The quantitative estimate of drug-likeness (QED) is 0.816. The van der Waals surface area contributed by atoms with Crippen LogP contribution in [0.4, 0.5) is 24.5 Å². The van der Waals surface area contributed by atoms with Crippen LogP contribution in [0.1, 0.15) is 12.5 Å². The van der Waals surface area contributed by atoms with Crippen LogP contribution in [0.2, 0.25) is 0 Å². The standard InChI is InChI=1S/C13H17F3N2O2/c1-8-7-20-10(6-19)5-18(8)12-3-2-9(4-11(12)17)13(14,15)16/h2-4,8,10,19H,5-7,17H2,1H3. The molecule has 2 atom stereocenters. The van der Waals surface area contributed by atoms with Gasteiger partial charge in [-0.1, -0.05) is 0 Å². The number of alkyl halides is 3. The zero-order chi connectivity index (χ0) is 14.9. The van der Waals surface area contributed by atoms with Gasteiger partial charge >= 0.3 is 6.18 Å². The number of benzene rings is 1. The lowest BCUT2D eigenvalue weighted by Gasteiger charge is -2.39. The lowest BCUT2D eigenvalue weighted by molar-refractivity contribution is -0.137. The summed E-state index contributed by atoms with van der Waals surface area (Å²) in [5.74, 6) is 0. The number of morpholine rings is 1. The average molecular weight is 290 g/mol. The fourth-order valence-electron chi connectivity index (χ4n) is 2.26. The Bertz CT molecular complexity index is 479. The van der Waals surface area contributed by atoms with Crippen LogP contribution >= 0.6 is 0 Å². The van der Waals surface area contributed by atoms with Crippen molar-refractivity contribution < 1.29 is 23.0 Å². The number of ether oxygens (including phenoxy) is 1. The molecule has 3 N–H and O–H groups in total. The van der Waals surface area contributed by atoms with Crippen molar-refractivity contribution in [2.45, 2.75) is 25.2 Å². The molecule has 112 valence electrons. The topological polar surface area (TPSA) is 58.7 Å². The van der Waals surface area contributed by atoms with Crippen LogP contribution in [0.25, 0.3) is 0 Å². The Morgan fingerprint density at radius 1 is 1.45 bits per heavy atom. The molecule has 0 spiro atoms. The highest BCUT2D eigenvalue weighted by atomic mass is 19.4. The van der Waals surface area contributed by atoms with E-state index in [1.54, 1.807) is 0 Å². The molecule has 20 heavy (non-hydrogen) atoms. The van der Waals surface area contributed by atoms with E-state index in [9.17, 15) is 13.2 Å². The van der Waals surface area contributed by atoms with Gasteiger partial charge < -0.3 is 20.5 Å². The minimum atomic E-state index is -4.41. The monoisotopic (exact) mass is 290 g/mol. The first kappa shape index (κ1) is 14.9. The number of halogens is 3. The first-order valence-electron chi connectivity index (χ1n) is 6.28. The van der Waals surface area contributed by atoms with Crippen molar-refractivity contribution in [3.63, 3.8) is 0 Å². The molecule has 0 radical (unpaired) electrons. The minimum Gasteiger partial charge on any atom is -0.397 e. The molecule has 1 aromatic carbocycles. The summed E-state index contributed by atoms with van der Waals surface area (Å²) >= 11 is 0. The van der Waals surface area contributed by atoms with Crippen LogP contribution in [0.15, 0.2) is 18.2 Å². The van der Waals surface area contributed by atoms with Gasteiger partial charge in [0, 0.05) is 12.6 Å². The Hall–Kier alpha value is -1.47. The van der Waals surface area contributed by atoms with E-state index in [0.29, 0.717) is 18.8 Å². The molecule has 1 aliphatic rings. The summed E-state index contributed by atoms with van der Waals surface area (Å²) in [4.78, 5) is 1.86. The third kappa shape index (κ3) is 2.99. The second-order valence-electron chi connectivity index (χ2n) is 4.91. The molecule has 0 bridgehead atoms. The highest BCUT2D eigenvalue weighted by molar-refractivity contribution is 5.69. The first-order valence-corrected chi connectivity index (χ1v) is 6.28. The van der Waals surface area contributed by atoms with Crippen LogP contribution in [-0.2, 0) is 10.9 Å². The highest BCUT2D eigenvalue weighted by Gasteiger charge is 2.32. The SMILES string of the molecule is CC1COC(CO)CN1c1ccc(C(F)(F)F)cc1N. The van der Waals surface area contributed by atoms with Gasteiger partial charge in [-0.05, 0) is 25.1 Å². The molecule has 0 amide bonds. The Morgan fingerprint density at radius 3 is 2.70 bits per heavy atom. The van der Waals surface area contributed by atoms with Crippen molar-refractivity contribution in [2.24, 2.45) is 0 Å². The van der Waals surface area contributed by atoms with E-state index >= 15 is 0 Å². The zero-order valence-corrected chi connectivity index (χ0v) is 11.0. The maximum absolute atomic E-state index is 12.6. The van der Waals surface area contributed by atoms with E-state index in [-0.39, 0.29) is 24.4 Å². The highest BCUT2D eigenvalue weighted by Crippen LogP contribution is 2.35. The Balaban J connectivity index is 2.28. The summed E-state index contributed by atoms with van der Waals surface area (Å²) in [6, 6.07) is 3.30. The molecule has 4 nitrogen and oxygen atoms in total. The van der Waals surface area contributed by atoms with E-state index in [2.05, 4.69) is 0 Å². The summed E-state index contributed by atoms with van der Waals surface area (Å²) in [6.07, 6.45) is -4.76. The van der Waals surface area contributed by atoms with Crippen molar-refractivity contribution in [3.05, 3.63) is 23.8 Å². The molecule has 1 aliphatic heterocycles. The van der Waals surface area contributed by atoms with Gasteiger partial charge in [-0.25, -0.2) is 0 Å². The van der Waals surface area contributed by atoms with Gasteiger partial charge in [-0.2, -0.15) is 13.2 Å². The number of nitrogens with zero attached hydrogens (tertiary/aromatic N) is 1. The van der Waals surface area contributed by atoms with Crippen molar-refractivity contribution in [2.75, 3.05) is 30.4 Å². The van der Waals surface area contributed by atoms with Gasteiger partial charge in [0.1, 0.15) is 0 Å². The van der Waals surface area contributed by atoms with Gasteiger partial charge in [0.05, 0.1) is 36.3 Å². The second kappa shape index (κ2) is 5.49. The van der Waals surface area contributed by atoms with Gasteiger partial charge in [-0.15, -0.1) is 0 Å². The third-order valence-electron chi connectivity index (χ3n) is 3.37. The van der Waals surface area contributed by atoms with Crippen molar-refractivity contribution >= 4 is 11.4 Å². The number of anilines is 2. The number of aliphatic hydroxyl groups is 1. The van der Waals surface area contributed by atoms with E-state index in [0.717, 1.165) is 12.1 Å². The van der Waals surface area contributed by atoms with Crippen molar-refractivity contribution in [1.29, 1.82) is 0 Å². The third-order valence-corrected chi connectivity index (χ3v) is 3.37. The maximum Gasteiger partial charge on any atom is 0.416 e. The van der Waals surface area contributed by atoms with Crippen LogP contribution in [0.5, 0.6) is 0 Å². The Morgan fingerprint density at radius 2 is 2.15 bits per heavy atom. The van der Waals surface area contributed by atoms with Crippen LogP contribution in [0, 0.1) is 0 Å². The summed E-state index contributed by atoms with van der Waals surface area (Å²) in [5, 5.41) is 9.13. The average Bonchev–Trinajstić information content (AvgIpc) is 2.38. The molecule has 0 saturated carbocycles. The largest absolute Gasteiger partial charge is 0.416 e. The minimum absolute atomic E-state index is 0.0168. The van der Waals surface area contributed by atoms with Gasteiger partial charge in [0.2, 0.25) is 0 Å². The zero-order valence-electron chi connectivity index (χ0n) is 11.0. The molecule has 1 fully saturated rings. The van der Waals surface area contributed by atoms with E-state index < -0.39 is 11.7 Å². The molecular weight excluding hydrogens is 273 g/mol. The van der Waals surface area contributed by atoms with Crippen molar-refractivity contribution in [3.8, 4) is 0 Å². The molecule has 0 aromatic heterocycles. The molecule has 7 heteroatoms. The molecule has 2 rings (SSSR count). The normalized spacial score (nSPS) is 23.9. The maximum atomic E-state index is 12.6. The summed E-state index contributed by atoms with van der Waals surface area (Å²) in [7, 11) is 0. The van der Waals surface area contributed by atoms with Crippen LogP contribution in [0.3, 0.4) is 0 Å². The summed E-state index contributed by atoms with van der Waals surface area (Å²) < 4.78 is 43.2. The second-order valence-corrected chi connectivity index (χ2v) is 4.91. The molecule has 0 aliphatic carbocycles. The smallest absolute Gasteiger partial charge is 0.397 e. The van der Waals surface area contributed by atoms with Gasteiger partial charge in [-0.3, -0.25) is 0 Å². The summed E-state index contributed by atoms with van der Waals surface area (Å²) in [6.45, 7) is 2.55. The Kier molecular flexibility index (Phi) is 4.10. The lowest BCUT2D eigenvalue weighted by Crippen LogP contribution is -2.49.